The molecule has 0 aliphatic heterocycles. The van der Waals surface area contributed by atoms with Gasteiger partial charge in [-0.15, -0.1) is 0 Å². The zero-order chi connectivity index (χ0) is 17.4. The first-order chi connectivity index (χ1) is 12.2. The van der Waals surface area contributed by atoms with Gasteiger partial charge >= 0.3 is 0 Å². The summed E-state index contributed by atoms with van der Waals surface area (Å²) >= 11 is 0. The summed E-state index contributed by atoms with van der Waals surface area (Å²) in [6.07, 6.45) is 5.35. The van der Waals surface area contributed by atoms with Gasteiger partial charge in [-0.05, 0) is 71.3 Å². The second-order valence-corrected chi connectivity index (χ2v) is 6.23. The van der Waals surface area contributed by atoms with Crippen molar-refractivity contribution < 1.29 is 14.6 Å². The number of hydrogen-bond donors (Lipinski definition) is 1. The van der Waals surface area contributed by atoms with E-state index in [2.05, 4.69) is 6.07 Å². The van der Waals surface area contributed by atoms with Gasteiger partial charge in [0.1, 0.15) is 11.5 Å². The number of benzene rings is 3. The largest absolute Gasteiger partial charge is 0.507 e. The molecule has 1 N–H and O–H groups in total. The number of phenols is 1. The Morgan fingerprint density at radius 2 is 1.64 bits per heavy atom. The number of aryl methyl sites for hydroxylation is 2. The number of methoxy groups -OCH3 is 1. The molecular weight excluding hydrogens is 312 g/mol. The minimum Gasteiger partial charge on any atom is -0.507 e. The van der Waals surface area contributed by atoms with Crippen LogP contribution in [-0.4, -0.2) is 18.0 Å². The Kier molecular flexibility index (Phi) is 3.77. The second-order valence-electron chi connectivity index (χ2n) is 6.23. The first-order valence-corrected chi connectivity index (χ1v) is 8.30. The molecule has 0 aromatic heterocycles. The Bertz CT molecular complexity index is 988. The van der Waals surface area contributed by atoms with E-state index in [4.69, 9.17) is 4.74 Å². The Labute approximate surface area is 146 Å². The average molecular weight is 330 g/mol. The van der Waals surface area contributed by atoms with Gasteiger partial charge in [-0.25, -0.2) is 0 Å². The highest BCUT2D eigenvalue weighted by Crippen LogP contribution is 2.38. The van der Waals surface area contributed by atoms with E-state index in [0.29, 0.717) is 5.56 Å². The number of ketones is 1. The molecule has 0 spiro atoms. The third kappa shape index (κ3) is 2.68. The fraction of sp³-hybridized carbons (Fsp3) is 0.136. The fourth-order valence-corrected chi connectivity index (χ4v) is 3.49. The van der Waals surface area contributed by atoms with Crippen molar-refractivity contribution in [3.63, 3.8) is 0 Å². The van der Waals surface area contributed by atoms with Crippen molar-refractivity contribution in [1.29, 1.82) is 0 Å². The molecule has 0 atom stereocenters. The number of ether oxygens (including phenoxy) is 1. The summed E-state index contributed by atoms with van der Waals surface area (Å²) in [4.78, 5) is 12.4. The molecule has 0 amide bonds. The van der Waals surface area contributed by atoms with Crippen LogP contribution in [0.1, 0.15) is 27.0 Å². The average Bonchev–Trinajstić information content (AvgIpc) is 3.07. The maximum Gasteiger partial charge on any atom is 0.185 e. The monoisotopic (exact) mass is 330 g/mol. The van der Waals surface area contributed by atoms with E-state index in [1.807, 2.05) is 12.1 Å². The number of carbonyl (C=O) groups excluding carboxylic acids is 1. The van der Waals surface area contributed by atoms with E-state index in [1.165, 1.54) is 11.1 Å². The van der Waals surface area contributed by atoms with Crippen LogP contribution < -0.4 is 4.74 Å². The molecule has 124 valence electrons. The second kappa shape index (κ2) is 6.10. The molecule has 1 aliphatic rings. The highest BCUT2D eigenvalue weighted by atomic mass is 16.5. The standard InChI is InChI=1S/C22H18O3/c1-25-18-10-6-14(7-11-18)19(23)12-8-17-5-4-15-2-3-16-9-13-20(24)22(17)21(15)16/h4-13,24H,2-3H2,1H3. The molecule has 3 aromatic rings. The van der Waals surface area contributed by atoms with Crippen LogP contribution in [-0.2, 0) is 12.8 Å². The van der Waals surface area contributed by atoms with E-state index in [9.17, 15) is 9.90 Å². The molecular formula is C22H18O3. The molecule has 4 rings (SSSR count). The Hall–Kier alpha value is -3.07. The normalized spacial score (nSPS) is 12.8. The van der Waals surface area contributed by atoms with Crippen molar-refractivity contribution in [2.24, 2.45) is 0 Å². The Balaban J connectivity index is 1.71. The molecule has 0 bridgehead atoms. The Morgan fingerprint density at radius 1 is 0.960 bits per heavy atom. The van der Waals surface area contributed by atoms with E-state index >= 15 is 0 Å². The van der Waals surface area contributed by atoms with Crippen molar-refractivity contribution in [2.75, 3.05) is 7.11 Å². The number of carbonyl (C=O) groups is 1. The third-order valence-corrected chi connectivity index (χ3v) is 4.80. The molecule has 1 aliphatic carbocycles. The summed E-state index contributed by atoms with van der Waals surface area (Å²) in [5.74, 6) is 0.905. The van der Waals surface area contributed by atoms with Gasteiger partial charge in [0.25, 0.3) is 0 Å². The zero-order valence-electron chi connectivity index (χ0n) is 14.0. The number of aromatic hydroxyl groups is 1. The summed E-state index contributed by atoms with van der Waals surface area (Å²) in [7, 11) is 1.60. The van der Waals surface area contributed by atoms with E-state index in [0.717, 1.165) is 34.9 Å². The first-order valence-electron chi connectivity index (χ1n) is 8.30. The van der Waals surface area contributed by atoms with Crippen LogP contribution in [0.25, 0.3) is 16.8 Å². The van der Waals surface area contributed by atoms with Crippen LogP contribution in [0, 0.1) is 0 Å². The van der Waals surface area contributed by atoms with Crippen LogP contribution >= 0.6 is 0 Å². The number of allylic oxidation sites excluding steroid dienone is 1. The predicted molar refractivity (Wildman–Crippen MR) is 99.4 cm³/mol. The molecule has 3 heteroatoms. The molecule has 0 heterocycles. The number of rotatable bonds is 4. The van der Waals surface area contributed by atoms with Gasteiger partial charge < -0.3 is 9.84 Å². The van der Waals surface area contributed by atoms with Gasteiger partial charge in [-0.3, -0.25) is 4.79 Å². The smallest absolute Gasteiger partial charge is 0.185 e. The molecule has 0 fully saturated rings. The van der Waals surface area contributed by atoms with Crippen molar-refractivity contribution in [3.8, 4) is 11.5 Å². The van der Waals surface area contributed by atoms with Crippen molar-refractivity contribution in [3.05, 3.63) is 76.9 Å². The maximum atomic E-state index is 12.4. The van der Waals surface area contributed by atoms with Gasteiger partial charge in [0.15, 0.2) is 5.78 Å². The summed E-state index contributed by atoms with van der Waals surface area (Å²) in [5, 5.41) is 12.3. The van der Waals surface area contributed by atoms with Crippen LogP contribution in [0.3, 0.4) is 0 Å². The minimum atomic E-state index is -0.0783. The molecule has 25 heavy (non-hydrogen) atoms. The molecule has 0 saturated carbocycles. The van der Waals surface area contributed by atoms with Crippen LogP contribution in [0.5, 0.6) is 11.5 Å². The first kappa shape index (κ1) is 15.5. The predicted octanol–water partition coefficient (Wildman–Crippen LogP) is 4.55. The molecule has 3 aromatic carbocycles. The van der Waals surface area contributed by atoms with Crippen LogP contribution in [0.2, 0.25) is 0 Å². The summed E-state index contributed by atoms with van der Waals surface area (Å²) in [6.45, 7) is 0. The Morgan fingerprint density at radius 3 is 2.32 bits per heavy atom. The van der Waals surface area contributed by atoms with E-state index in [-0.39, 0.29) is 11.5 Å². The molecule has 0 radical (unpaired) electrons. The van der Waals surface area contributed by atoms with Gasteiger partial charge in [-0.1, -0.05) is 24.3 Å². The maximum absolute atomic E-state index is 12.4. The van der Waals surface area contributed by atoms with E-state index < -0.39 is 0 Å². The zero-order valence-corrected chi connectivity index (χ0v) is 14.0. The summed E-state index contributed by atoms with van der Waals surface area (Å²) in [5.41, 5.74) is 3.99. The minimum absolute atomic E-state index is 0.0783. The molecule has 0 unspecified atom stereocenters. The van der Waals surface area contributed by atoms with Gasteiger partial charge in [0.05, 0.1) is 7.11 Å². The lowest BCUT2D eigenvalue weighted by Crippen LogP contribution is -1.94. The van der Waals surface area contributed by atoms with Crippen molar-refractivity contribution in [1.82, 2.24) is 0 Å². The topological polar surface area (TPSA) is 46.5 Å². The molecule has 3 nitrogen and oxygen atoms in total. The van der Waals surface area contributed by atoms with Crippen molar-refractivity contribution >= 4 is 22.6 Å². The quantitative estimate of drug-likeness (QED) is 0.564. The lowest BCUT2D eigenvalue weighted by Gasteiger charge is -2.08. The van der Waals surface area contributed by atoms with Crippen LogP contribution in [0.4, 0.5) is 0 Å². The lowest BCUT2D eigenvalue weighted by atomic mass is 9.98. The number of phenolic OH excluding ortho intramolecular Hbond substituents is 1. The highest BCUT2D eigenvalue weighted by Gasteiger charge is 2.17. The van der Waals surface area contributed by atoms with Gasteiger partial charge in [0, 0.05) is 10.9 Å². The highest BCUT2D eigenvalue weighted by molar-refractivity contribution is 6.09. The fourth-order valence-electron chi connectivity index (χ4n) is 3.49. The summed E-state index contributed by atoms with van der Waals surface area (Å²) < 4.78 is 5.11. The van der Waals surface area contributed by atoms with Gasteiger partial charge in [0.2, 0.25) is 0 Å². The third-order valence-electron chi connectivity index (χ3n) is 4.80. The van der Waals surface area contributed by atoms with E-state index in [1.54, 1.807) is 49.6 Å². The van der Waals surface area contributed by atoms with Crippen molar-refractivity contribution in [2.45, 2.75) is 12.8 Å². The summed E-state index contributed by atoms with van der Waals surface area (Å²) in [6, 6.07) is 14.8. The molecule has 0 saturated heterocycles. The van der Waals surface area contributed by atoms with Gasteiger partial charge in [-0.2, -0.15) is 0 Å². The number of hydrogen-bond acceptors (Lipinski definition) is 3. The van der Waals surface area contributed by atoms with Crippen LogP contribution in [0.15, 0.2) is 54.6 Å². The lowest BCUT2D eigenvalue weighted by molar-refractivity contribution is 0.104. The SMILES string of the molecule is COc1ccc(C(=O)C=Cc2ccc3c4c(ccc(O)c24)CC3)cc1.